The van der Waals surface area contributed by atoms with E-state index in [1.807, 2.05) is 30.3 Å². The van der Waals surface area contributed by atoms with Crippen molar-refractivity contribution in [1.29, 1.82) is 0 Å². The molecule has 0 saturated carbocycles. The average Bonchev–Trinajstić information content (AvgIpc) is 2.89. The fourth-order valence-electron chi connectivity index (χ4n) is 2.65. The Bertz CT molecular complexity index is 1070. The van der Waals surface area contributed by atoms with Crippen LogP contribution < -0.4 is 10.6 Å². The van der Waals surface area contributed by atoms with Gasteiger partial charge < -0.3 is 10.6 Å². The van der Waals surface area contributed by atoms with Crippen LogP contribution in [0.1, 0.15) is 13.8 Å². The van der Waals surface area contributed by atoms with Crippen LogP contribution in [0.15, 0.2) is 42.5 Å². The van der Waals surface area contributed by atoms with Crippen molar-refractivity contribution in [3.8, 4) is 0 Å². The lowest BCUT2D eigenvalue weighted by atomic mass is 10.2. The van der Waals surface area contributed by atoms with Gasteiger partial charge in [-0.3, -0.25) is 0 Å². The predicted molar refractivity (Wildman–Crippen MR) is 107 cm³/mol. The molecule has 0 fully saturated rings. The zero-order chi connectivity index (χ0) is 16.7. The van der Waals surface area contributed by atoms with Crippen LogP contribution in [0.4, 0.5) is 5.69 Å². The topological polar surface area (TPSA) is 49.8 Å². The summed E-state index contributed by atoms with van der Waals surface area (Å²) < 4.78 is 1.17. The van der Waals surface area contributed by atoms with E-state index in [9.17, 15) is 0 Å². The Kier molecular flexibility index (Phi) is 3.78. The smallest absolute Gasteiger partial charge is 0.170 e. The van der Waals surface area contributed by atoms with E-state index >= 15 is 0 Å². The summed E-state index contributed by atoms with van der Waals surface area (Å²) in [4.78, 5) is 10.5. The molecule has 0 spiro atoms. The number of anilines is 1. The summed E-state index contributed by atoms with van der Waals surface area (Å²) in [6, 6.07) is 14.5. The molecule has 0 bridgehead atoms. The molecule has 4 rings (SSSR count). The maximum atomic E-state index is 5.33. The van der Waals surface area contributed by atoms with Gasteiger partial charge in [-0.05, 0) is 56.4 Å². The summed E-state index contributed by atoms with van der Waals surface area (Å²) in [7, 11) is 0. The van der Waals surface area contributed by atoms with Gasteiger partial charge in [0.15, 0.2) is 5.11 Å². The van der Waals surface area contributed by atoms with Gasteiger partial charge in [-0.1, -0.05) is 12.1 Å². The first-order valence-corrected chi connectivity index (χ1v) is 8.99. The number of fused-ring (bicyclic) bond motifs is 4. The number of thiophene rings is 1. The highest BCUT2D eigenvalue weighted by atomic mass is 32.1. The second kappa shape index (κ2) is 5.96. The van der Waals surface area contributed by atoms with Gasteiger partial charge in [0.05, 0.1) is 11.0 Å². The summed E-state index contributed by atoms with van der Waals surface area (Å²) in [6.45, 7) is 4.12. The lowest BCUT2D eigenvalue weighted by Gasteiger charge is -2.13. The first kappa shape index (κ1) is 15.2. The molecule has 120 valence electrons. The highest BCUT2D eigenvalue weighted by Gasteiger charge is 2.10. The lowest BCUT2D eigenvalue weighted by Crippen LogP contribution is -2.33. The summed E-state index contributed by atoms with van der Waals surface area (Å²) in [5.41, 5.74) is 3.74. The van der Waals surface area contributed by atoms with E-state index in [0.29, 0.717) is 11.2 Å². The number of benzene rings is 2. The quantitative estimate of drug-likeness (QED) is 0.513. The van der Waals surface area contributed by atoms with Crippen LogP contribution in [-0.2, 0) is 0 Å². The number of hydrogen-bond acceptors (Lipinski definition) is 4. The Labute approximate surface area is 148 Å². The number of rotatable bonds is 2. The third-order valence-electron chi connectivity index (χ3n) is 3.66. The number of aromatic nitrogens is 2. The van der Waals surface area contributed by atoms with Crippen LogP contribution in [0.25, 0.3) is 31.5 Å². The lowest BCUT2D eigenvalue weighted by molar-refractivity contribution is 0.739. The van der Waals surface area contributed by atoms with Crippen molar-refractivity contribution in [3.63, 3.8) is 0 Å². The number of thiocarbonyl (C=S) groups is 1. The fourth-order valence-corrected chi connectivity index (χ4v) is 4.01. The van der Waals surface area contributed by atoms with Crippen molar-refractivity contribution in [2.45, 2.75) is 19.9 Å². The first-order chi connectivity index (χ1) is 11.6. The number of para-hydroxylation sites is 2. The molecule has 0 aliphatic rings. The molecule has 4 nitrogen and oxygen atoms in total. The maximum absolute atomic E-state index is 5.33. The van der Waals surface area contributed by atoms with E-state index in [-0.39, 0.29) is 0 Å². The Morgan fingerprint density at radius 2 is 1.83 bits per heavy atom. The van der Waals surface area contributed by atoms with Crippen molar-refractivity contribution < 1.29 is 0 Å². The van der Waals surface area contributed by atoms with E-state index in [1.54, 1.807) is 11.3 Å². The molecule has 2 aromatic heterocycles. The first-order valence-electron chi connectivity index (χ1n) is 7.77. The molecule has 0 amide bonds. The summed E-state index contributed by atoms with van der Waals surface area (Å²) >= 11 is 6.99. The van der Waals surface area contributed by atoms with Crippen LogP contribution in [0.2, 0.25) is 0 Å². The average molecular weight is 352 g/mol. The third kappa shape index (κ3) is 2.79. The Morgan fingerprint density at radius 3 is 2.58 bits per heavy atom. The van der Waals surface area contributed by atoms with Gasteiger partial charge in [-0.15, -0.1) is 11.3 Å². The molecule has 2 heterocycles. The minimum atomic E-state index is 0.299. The van der Waals surface area contributed by atoms with Gasteiger partial charge in [-0.2, -0.15) is 0 Å². The van der Waals surface area contributed by atoms with Crippen LogP contribution in [0.5, 0.6) is 0 Å². The molecule has 6 heteroatoms. The Hall–Kier alpha value is -2.31. The normalized spacial score (nSPS) is 11.5. The number of hydrogen-bond donors (Lipinski definition) is 2. The van der Waals surface area contributed by atoms with E-state index in [4.69, 9.17) is 22.2 Å². The van der Waals surface area contributed by atoms with Crippen LogP contribution in [0.3, 0.4) is 0 Å². The van der Waals surface area contributed by atoms with E-state index in [0.717, 1.165) is 32.5 Å². The molecule has 0 unspecified atom stereocenters. The molecule has 0 atom stereocenters. The molecular formula is C18H16N4S2. The predicted octanol–water partition coefficient (Wildman–Crippen LogP) is 4.69. The molecule has 0 saturated heterocycles. The molecule has 2 aromatic carbocycles. The summed E-state index contributed by atoms with van der Waals surface area (Å²) in [6.07, 6.45) is 0. The molecule has 0 aliphatic carbocycles. The maximum Gasteiger partial charge on any atom is 0.170 e. The van der Waals surface area contributed by atoms with Crippen LogP contribution >= 0.6 is 23.6 Å². The minimum absolute atomic E-state index is 0.299. The van der Waals surface area contributed by atoms with Crippen molar-refractivity contribution in [3.05, 3.63) is 42.5 Å². The van der Waals surface area contributed by atoms with Gasteiger partial charge in [0.2, 0.25) is 0 Å². The Balaban J connectivity index is 1.81. The van der Waals surface area contributed by atoms with Crippen molar-refractivity contribution >= 4 is 65.8 Å². The van der Waals surface area contributed by atoms with Gasteiger partial charge in [0.1, 0.15) is 10.3 Å². The van der Waals surface area contributed by atoms with E-state index in [2.05, 4.69) is 36.6 Å². The van der Waals surface area contributed by atoms with Crippen LogP contribution in [0, 0.1) is 0 Å². The molecule has 4 aromatic rings. The molecule has 0 aliphatic heterocycles. The molecule has 24 heavy (non-hydrogen) atoms. The second-order valence-corrected chi connectivity index (χ2v) is 7.37. The zero-order valence-electron chi connectivity index (χ0n) is 13.3. The van der Waals surface area contributed by atoms with Crippen molar-refractivity contribution in [2.75, 3.05) is 5.32 Å². The molecule has 0 radical (unpaired) electrons. The number of nitrogens with one attached hydrogen (secondary N) is 2. The fraction of sp³-hybridized carbons (Fsp3) is 0.167. The Morgan fingerprint density at radius 1 is 1.08 bits per heavy atom. The molecular weight excluding hydrogens is 336 g/mol. The highest BCUT2D eigenvalue weighted by Crippen LogP contribution is 2.34. The summed E-state index contributed by atoms with van der Waals surface area (Å²) in [5, 5.41) is 8.15. The SMILES string of the molecule is CC(C)NC(=S)Nc1ccc2sc3nc4ccccc4nc3c2c1. The van der Waals surface area contributed by atoms with E-state index < -0.39 is 0 Å². The van der Waals surface area contributed by atoms with Gasteiger partial charge in [-0.25, -0.2) is 9.97 Å². The molecule has 2 N–H and O–H groups in total. The highest BCUT2D eigenvalue weighted by molar-refractivity contribution is 7.80. The standard InChI is InChI=1S/C18H16N4S2/c1-10(2)19-18(23)20-11-7-8-15-12(9-11)16-17(24-15)22-14-6-4-3-5-13(14)21-16/h3-10H,1-2H3,(H2,19,20,23). The second-order valence-electron chi connectivity index (χ2n) is 5.93. The zero-order valence-corrected chi connectivity index (χ0v) is 15.0. The number of nitrogens with zero attached hydrogens (tertiary/aromatic N) is 2. The van der Waals surface area contributed by atoms with Gasteiger partial charge >= 0.3 is 0 Å². The van der Waals surface area contributed by atoms with E-state index in [1.165, 1.54) is 4.70 Å². The van der Waals surface area contributed by atoms with Crippen molar-refractivity contribution in [1.82, 2.24) is 15.3 Å². The van der Waals surface area contributed by atoms with Gasteiger partial charge in [0.25, 0.3) is 0 Å². The van der Waals surface area contributed by atoms with Crippen molar-refractivity contribution in [2.24, 2.45) is 0 Å². The largest absolute Gasteiger partial charge is 0.360 e. The minimum Gasteiger partial charge on any atom is -0.360 e. The van der Waals surface area contributed by atoms with Crippen LogP contribution in [-0.4, -0.2) is 21.1 Å². The summed E-state index contributed by atoms with van der Waals surface area (Å²) in [5.74, 6) is 0. The monoisotopic (exact) mass is 352 g/mol. The van der Waals surface area contributed by atoms with Gasteiger partial charge in [0, 0.05) is 21.8 Å². The third-order valence-corrected chi connectivity index (χ3v) is 4.93.